The van der Waals surface area contributed by atoms with Crippen molar-refractivity contribution in [2.24, 2.45) is 5.73 Å². The molecule has 0 unspecified atom stereocenters. The summed E-state index contributed by atoms with van der Waals surface area (Å²) in [4.78, 5) is 30.6. The summed E-state index contributed by atoms with van der Waals surface area (Å²) in [6.45, 7) is -1.50. The molecular formula is C12H26N2O12. The zero-order valence-corrected chi connectivity index (χ0v) is 13.6. The summed E-state index contributed by atoms with van der Waals surface area (Å²) < 4.78 is 0. The number of carbonyl (C=O) groups is 3. The molecule has 0 bridgehead atoms. The number of aliphatic hydroxyl groups is 7. The minimum absolute atomic E-state index is 0. The van der Waals surface area contributed by atoms with Crippen molar-refractivity contribution in [1.82, 2.24) is 6.15 Å². The van der Waals surface area contributed by atoms with Gasteiger partial charge in [-0.25, -0.2) is 4.79 Å². The topological polar surface area (TPSA) is 294 Å². The fourth-order valence-corrected chi connectivity index (χ4v) is 1.23. The average molecular weight is 390 g/mol. The van der Waals surface area contributed by atoms with E-state index in [1.54, 1.807) is 0 Å². The number of rotatable bonds is 10. The molecule has 0 aromatic rings. The summed E-state index contributed by atoms with van der Waals surface area (Å²) in [5.74, 6) is -4.37. The Kier molecular flexibility index (Phi) is 16.1. The van der Waals surface area contributed by atoms with E-state index in [9.17, 15) is 14.4 Å². The standard InChI is InChI=1S/C6H13NO6.C6H10O6.H3N/c7-3(6(12)13)5(11)4(10)2(9)1-8;7-2-5(10)3(8)1-4(9)6(11)12;/h2-5,8-11H,1,7H2,(H,12,13);3,5,7-8,10H,1-2H2,(H,11,12);1H3/t2-,3-,4-,5-;3-,5+;/m10./s1. The number of hydrogen-bond donors (Lipinski definition) is 11. The van der Waals surface area contributed by atoms with Crippen LogP contribution in [-0.2, 0) is 14.4 Å². The number of carboxylic acid groups (broad SMARTS) is 2. The monoisotopic (exact) mass is 390 g/mol. The number of aliphatic hydroxyl groups excluding tert-OH is 7. The maximum absolute atomic E-state index is 10.4. The predicted molar refractivity (Wildman–Crippen MR) is 82.1 cm³/mol. The van der Waals surface area contributed by atoms with Crippen LogP contribution in [0.2, 0.25) is 0 Å². The lowest BCUT2D eigenvalue weighted by Gasteiger charge is -2.23. The molecule has 0 spiro atoms. The van der Waals surface area contributed by atoms with E-state index in [0.717, 1.165) is 0 Å². The normalized spacial score (nSPS) is 17.2. The van der Waals surface area contributed by atoms with E-state index in [-0.39, 0.29) is 6.15 Å². The van der Waals surface area contributed by atoms with Crippen LogP contribution < -0.4 is 11.9 Å². The Morgan fingerprint density at radius 1 is 0.769 bits per heavy atom. The van der Waals surface area contributed by atoms with E-state index in [0.29, 0.717) is 0 Å². The Morgan fingerprint density at radius 3 is 1.50 bits per heavy atom. The number of nitrogens with two attached hydrogens (primary N) is 1. The van der Waals surface area contributed by atoms with Crippen molar-refractivity contribution in [3.8, 4) is 0 Å². The molecule has 156 valence electrons. The third-order valence-corrected chi connectivity index (χ3v) is 2.85. The van der Waals surface area contributed by atoms with Crippen LogP contribution in [0.4, 0.5) is 0 Å². The van der Waals surface area contributed by atoms with Crippen molar-refractivity contribution in [2.45, 2.75) is 43.0 Å². The molecule has 0 aromatic heterocycles. The summed E-state index contributed by atoms with van der Waals surface area (Å²) >= 11 is 0. The van der Waals surface area contributed by atoms with Crippen molar-refractivity contribution >= 4 is 17.7 Å². The van der Waals surface area contributed by atoms with Crippen LogP contribution in [0.1, 0.15) is 6.42 Å². The Hall–Kier alpha value is -1.75. The zero-order valence-electron chi connectivity index (χ0n) is 13.6. The van der Waals surface area contributed by atoms with Crippen molar-refractivity contribution < 1.29 is 60.3 Å². The van der Waals surface area contributed by atoms with Gasteiger partial charge in [-0.15, -0.1) is 0 Å². The van der Waals surface area contributed by atoms with E-state index in [4.69, 9.17) is 51.7 Å². The van der Waals surface area contributed by atoms with E-state index in [1.807, 2.05) is 0 Å². The zero-order chi connectivity index (χ0) is 20.3. The molecule has 26 heavy (non-hydrogen) atoms. The maximum Gasteiger partial charge on any atom is 0.372 e. The molecule has 0 fully saturated rings. The fraction of sp³-hybridized carbons (Fsp3) is 0.750. The Bertz CT molecular complexity index is 434. The summed E-state index contributed by atoms with van der Waals surface area (Å²) in [5.41, 5.74) is 4.95. The third-order valence-electron chi connectivity index (χ3n) is 2.85. The first-order valence-corrected chi connectivity index (χ1v) is 6.77. The number of hydrogen-bond acceptors (Lipinski definition) is 12. The lowest BCUT2D eigenvalue weighted by atomic mass is 10.0. The van der Waals surface area contributed by atoms with Gasteiger partial charge in [-0.3, -0.25) is 9.59 Å². The van der Waals surface area contributed by atoms with Crippen LogP contribution in [0.25, 0.3) is 0 Å². The van der Waals surface area contributed by atoms with Crippen LogP contribution in [-0.4, -0.2) is 113 Å². The van der Waals surface area contributed by atoms with Crippen molar-refractivity contribution in [3.63, 3.8) is 0 Å². The molecule has 6 atom stereocenters. The van der Waals surface area contributed by atoms with Gasteiger partial charge < -0.3 is 57.8 Å². The minimum atomic E-state index is -1.82. The second-order valence-electron chi connectivity index (χ2n) is 4.84. The lowest BCUT2D eigenvalue weighted by Crippen LogP contribution is -2.52. The summed E-state index contributed by atoms with van der Waals surface area (Å²) in [6, 6.07) is -1.70. The van der Waals surface area contributed by atoms with Gasteiger partial charge in [0.15, 0.2) is 0 Å². The lowest BCUT2D eigenvalue weighted by molar-refractivity contribution is -0.151. The van der Waals surface area contributed by atoms with Crippen molar-refractivity contribution in [1.29, 1.82) is 0 Å². The average Bonchev–Trinajstić information content (AvgIpc) is 2.58. The van der Waals surface area contributed by atoms with Gasteiger partial charge >= 0.3 is 11.9 Å². The molecule has 0 amide bonds. The molecule has 0 heterocycles. The van der Waals surface area contributed by atoms with Crippen molar-refractivity contribution in [3.05, 3.63) is 0 Å². The molecule has 0 aliphatic heterocycles. The molecule has 0 aliphatic rings. The van der Waals surface area contributed by atoms with Crippen LogP contribution in [0.15, 0.2) is 0 Å². The smallest absolute Gasteiger partial charge is 0.372 e. The van der Waals surface area contributed by atoms with E-state index < -0.39 is 73.9 Å². The number of carboxylic acids is 2. The van der Waals surface area contributed by atoms with Crippen LogP contribution in [0.5, 0.6) is 0 Å². The highest BCUT2D eigenvalue weighted by Gasteiger charge is 2.32. The summed E-state index contributed by atoms with van der Waals surface area (Å²) in [7, 11) is 0. The first kappa shape index (κ1) is 29.0. The molecule has 0 radical (unpaired) electrons. The predicted octanol–water partition coefficient (Wildman–Crippen LogP) is -5.62. The van der Waals surface area contributed by atoms with Gasteiger partial charge in [-0.2, -0.15) is 0 Å². The van der Waals surface area contributed by atoms with Crippen LogP contribution >= 0.6 is 0 Å². The first-order valence-electron chi connectivity index (χ1n) is 6.77. The molecule has 14 heteroatoms. The second kappa shape index (κ2) is 14.4. The molecule has 0 aliphatic carbocycles. The molecule has 0 rings (SSSR count). The molecule has 0 saturated heterocycles. The molecular weight excluding hydrogens is 364 g/mol. The van der Waals surface area contributed by atoms with Crippen molar-refractivity contribution in [2.75, 3.05) is 13.2 Å². The minimum Gasteiger partial charge on any atom is -0.480 e. The first-order chi connectivity index (χ1) is 11.4. The van der Waals surface area contributed by atoms with Gasteiger partial charge in [0.05, 0.1) is 19.3 Å². The Labute approximate surface area is 147 Å². The molecule has 0 aromatic carbocycles. The molecule has 0 saturated carbocycles. The van der Waals surface area contributed by atoms with E-state index in [1.165, 1.54) is 0 Å². The van der Waals surface area contributed by atoms with Gasteiger partial charge in [-0.1, -0.05) is 0 Å². The van der Waals surface area contributed by atoms with Gasteiger partial charge in [-0.05, 0) is 0 Å². The van der Waals surface area contributed by atoms with E-state index >= 15 is 0 Å². The Morgan fingerprint density at radius 2 is 1.19 bits per heavy atom. The summed E-state index contributed by atoms with van der Waals surface area (Å²) in [5, 5.41) is 77.5. The van der Waals surface area contributed by atoms with Gasteiger partial charge in [0, 0.05) is 6.42 Å². The summed E-state index contributed by atoms with van der Waals surface area (Å²) in [6.07, 6.45) is -8.92. The highest BCUT2D eigenvalue weighted by molar-refractivity contribution is 6.32. The van der Waals surface area contributed by atoms with Crippen LogP contribution in [0.3, 0.4) is 0 Å². The molecule has 14 N–H and O–H groups in total. The number of Topliss-reactive ketones (excluding diaryl/α,β-unsaturated/α-hetero) is 1. The van der Waals surface area contributed by atoms with E-state index in [2.05, 4.69) is 0 Å². The van der Waals surface area contributed by atoms with Crippen LogP contribution in [0, 0.1) is 0 Å². The Balaban J connectivity index is -0.000000393. The van der Waals surface area contributed by atoms with Gasteiger partial charge in [0.1, 0.15) is 30.5 Å². The SMILES string of the molecule is N.N[C@@H](C(=O)O)[C@@H](O)[C@H](O)[C@H](O)CO.O=C(O)C(=O)C[C@H](O)[C@H](O)CO. The van der Waals surface area contributed by atoms with Gasteiger partial charge in [0.2, 0.25) is 5.78 Å². The third kappa shape index (κ3) is 11.0. The quantitative estimate of drug-likeness (QED) is 0.155. The number of carbonyl (C=O) groups excluding carboxylic acids is 1. The fourth-order valence-electron chi connectivity index (χ4n) is 1.23. The highest BCUT2D eigenvalue weighted by atomic mass is 16.4. The number of aliphatic carboxylic acids is 2. The van der Waals surface area contributed by atoms with Gasteiger partial charge in [0.25, 0.3) is 0 Å². The largest absolute Gasteiger partial charge is 0.480 e. The number of ketones is 1. The highest BCUT2D eigenvalue weighted by Crippen LogP contribution is 2.03. The molecule has 14 nitrogen and oxygen atoms in total. The second-order valence-corrected chi connectivity index (χ2v) is 4.84. The maximum atomic E-state index is 10.4.